The van der Waals surface area contributed by atoms with Gasteiger partial charge in [-0.15, -0.1) is 0 Å². The fourth-order valence-electron chi connectivity index (χ4n) is 3.78. The third-order valence-corrected chi connectivity index (χ3v) is 5.24. The second-order valence-corrected chi connectivity index (χ2v) is 6.85. The molecule has 0 saturated carbocycles. The molecule has 2 bridgehead atoms. The summed E-state index contributed by atoms with van der Waals surface area (Å²) in [6.07, 6.45) is 2.31. The highest BCUT2D eigenvalue weighted by Gasteiger charge is 2.35. The van der Waals surface area contributed by atoms with Gasteiger partial charge < -0.3 is 14.6 Å². The molecule has 5 heteroatoms. The van der Waals surface area contributed by atoms with Crippen molar-refractivity contribution in [3.05, 3.63) is 47.5 Å². The van der Waals surface area contributed by atoms with Crippen LogP contribution in [0.3, 0.4) is 0 Å². The average molecular weight is 328 g/mol. The van der Waals surface area contributed by atoms with Crippen molar-refractivity contribution in [1.29, 1.82) is 0 Å². The quantitative estimate of drug-likeness (QED) is 0.941. The Bertz CT molecular complexity index is 762. The highest BCUT2D eigenvalue weighted by atomic mass is 19.1. The molecular weight excluding hydrogens is 307 g/mol. The molecule has 3 aliphatic heterocycles. The van der Waals surface area contributed by atoms with Crippen LogP contribution in [0.5, 0.6) is 0 Å². The topological polar surface area (TPSA) is 45.5 Å². The second-order valence-electron chi connectivity index (χ2n) is 6.85. The summed E-state index contributed by atoms with van der Waals surface area (Å²) in [7, 11) is 0. The third kappa shape index (κ3) is 2.84. The van der Waals surface area contributed by atoms with Gasteiger partial charge in [-0.05, 0) is 74.7 Å². The smallest absolute Gasteiger partial charge is 0.287 e. The normalized spacial score (nSPS) is 25.7. The highest BCUT2D eigenvalue weighted by Crippen LogP contribution is 2.28. The van der Waals surface area contributed by atoms with Gasteiger partial charge in [-0.1, -0.05) is 0 Å². The third-order valence-electron chi connectivity index (χ3n) is 5.24. The molecule has 4 heterocycles. The number of hydrogen-bond donors (Lipinski definition) is 1. The Morgan fingerprint density at radius 3 is 2.71 bits per heavy atom. The first kappa shape index (κ1) is 15.4. The van der Waals surface area contributed by atoms with Crippen LogP contribution in [0.4, 0.5) is 4.39 Å². The van der Waals surface area contributed by atoms with Crippen LogP contribution >= 0.6 is 0 Å². The summed E-state index contributed by atoms with van der Waals surface area (Å²) in [6.45, 7) is 4.93. The Balaban J connectivity index is 1.48. The first-order valence-electron chi connectivity index (χ1n) is 8.50. The molecule has 5 rings (SSSR count). The van der Waals surface area contributed by atoms with Crippen molar-refractivity contribution >= 4 is 5.91 Å². The molecule has 1 N–H and O–H groups in total. The zero-order valence-corrected chi connectivity index (χ0v) is 13.7. The molecule has 3 aliphatic rings. The lowest BCUT2D eigenvalue weighted by atomic mass is 9.84. The Kier molecular flexibility index (Phi) is 3.88. The summed E-state index contributed by atoms with van der Waals surface area (Å²) in [4.78, 5) is 14.9. The minimum atomic E-state index is -0.245. The van der Waals surface area contributed by atoms with E-state index in [1.165, 1.54) is 6.07 Å². The zero-order valence-electron chi connectivity index (χ0n) is 13.7. The average Bonchev–Trinajstić information content (AvgIpc) is 3.09. The molecule has 4 nitrogen and oxygen atoms in total. The Morgan fingerprint density at radius 1 is 1.25 bits per heavy atom. The molecule has 3 fully saturated rings. The number of fused-ring (bicyclic) bond motifs is 3. The van der Waals surface area contributed by atoms with E-state index in [1.807, 2.05) is 0 Å². The largest absolute Gasteiger partial charge is 0.451 e. The summed E-state index contributed by atoms with van der Waals surface area (Å²) in [5.41, 5.74) is 1.33. The van der Waals surface area contributed by atoms with Crippen molar-refractivity contribution in [1.82, 2.24) is 10.2 Å². The fourth-order valence-corrected chi connectivity index (χ4v) is 3.78. The van der Waals surface area contributed by atoms with E-state index < -0.39 is 0 Å². The van der Waals surface area contributed by atoms with E-state index in [2.05, 4.69) is 10.2 Å². The lowest BCUT2D eigenvalue weighted by Gasteiger charge is -2.44. The van der Waals surface area contributed by atoms with E-state index in [9.17, 15) is 9.18 Å². The van der Waals surface area contributed by atoms with Gasteiger partial charge in [-0.3, -0.25) is 4.79 Å². The molecule has 0 radical (unpaired) electrons. The number of halogens is 1. The lowest BCUT2D eigenvalue weighted by molar-refractivity contribution is 0.0606. The predicted molar refractivity (Wildman–Crippen MR) is 89.3 cm³/mol. The van der Waals surface area contributed by atoms with Gasteiger partial charge >= 0.3 is 0 Å². The summed E-state index contributed by atoms with van der Waals surface area (Å²) in [5, 5.41) is 3.12. The van der Waals surface area contributed by atoms with Crippen LogP contribution in [0.2, 0.25) is 0 Å². The molecule has 1 aromatic heterocycles. The summed E-state index contributed by atoms with van der Waals surface area (Å²) in [6, 6.07) is 8.46. The molecule has 24 heavy (non-hydrogen) atoms. The van der Waals surface area contributed by atoms with E-state index >= 15 is 0 Å². The Labute approximate surface area is 140 Å². The highest BCUT2D eigenvalue weighted by molar-refractivity contribution is 5.92. The Morgan fingerprint density at radius 2 is 2.04 bits per heavy atom. The van der Waals surface area contributed by atoms with Crippen molar-refractivity contribution in [2.75, 3.05) is 19.6 Å². The zero-order chi connectivity index (χ0) is 16.7. The van der Waals surface area contributed by atoms with Gasteiger partial charge in [0.15, 0.2) is 5.76 Å². The summed E-state index contributed by atoms with van der Waals surface area (Å²) >= 11 is 0. The molecular formula is C19H21FN2O2. The number of carbonyl (C=O) groups is 1. The van der Waals surface area contributed by atoms with Crippen LogP contribution in [0.15, 0.2) is 34.7 Å². The van der Waals surface area contributed by atoms with Crippen LogP contribution in [0.25, 0.3) is 11.3 Å². The number of furan rings is 1. The van der Waals surface area contributed by atoms with Crippen molar-refractivity contribution in [2.45, 2.75) is 25.8 Å². The van der Waals surface area contributed by atoms with Gasteiger partial charge in [0.1, 0.15) is 11.6 Å². The van der Waals surface area contributed by atoms with E-state index in [1.54, 1.807) is 31.2 Å². The second kappa shape index (κ2) is 6.06. The first-order chi connectivity index (χ1) is 11.6. The molecule has 1 amide bonds. The van der Waals surface area contributed by atoms with Crippen molar-refractivity contribution in [2.24, 2.45) is 5.92 Å². The molecule has 0 aliphatic carbocycles. The molecule has 1 atom stereocenters. The summed E-state index contributed by atoms with van der Waals surface area (Å²) in [5.74, 6) is 1.05. The van der Waals surface area contributed by atoms with Crippen LogP contribution in [0.1, 0.15) is 29.0 Å². The molecule has 1 unspecified atom stereocenters. The van der Waals surface area contributed by atoms with E-state index in [0.717, 1.165) is 38.0 Å². The number of hydrogen-bond acceptors (Lipinski definition) is 3. The standard InChI is InChI=1S/C19H21FN2O2/c1-12-10-14(2-3-15(12)20)17-4-5-18(24-17)19(23)21-16-11-22-8-6-13(16)7-9-22/h2-5,10,13,16H,6-9,11H2,1H3,(H,21,23). The molecule has 2 aromatic rings. The molecule has 3 saturated heterocycles. The first-order valence-corrected chi connectivity index (χ1v) is 8.50. The number of rotatable bonds is 3. The number of benzene rings is 1. The molecule has 126 valence electrons. The SMILES string of the molecule is Cc1cc(-c2ccc(C(=O)NC3CN4CCC3CC4)o2)ccc1F. The van der Waals surface area contributed by atoms with Crippen molar-refractivity contribution in [3.8, 4) is 11.3 Å². The number of carbonyl (C=O) groups excluding carboxylic acids is 1. The molecule has 0 spiro atoms. The number of nitrogens with zero attached hydrogens (tertiary/aromatic N) is 1. The lowest BCUT2D eigenvalue weighted by Crippen LogP contribution is -2.57. The maximum atomic E-state index is 13.4. The number of aryl methyl sites for hydroxylation is 1. The summed E-state index contributed by atoms with van der Waals surface area (Å²) < 4.78 is 19.1. The van der Waals surface area contributed by atoms with Crippen LogP contribution < -0.4 is 5.32 Å². The monoisotopic (exact) mass is 328 g/mol. The maximum Gasteiger partial charge on any atom is 0.287 e. The number of piperidine rings is 3. The van der Waals surface area contributed by atoms with Gasteiger partial charge in [0.25, 0.3) is 5.91 Å². The van der Waals surface area contributed by atoms with Crippen LogP contribution in [-0.4, -0.2) is 36.5 Å². The van der Waals surface area contributed by atoms with Crippen molar-refractivity contribution < 1.29 is 13.6 Å². The van der Waals surface area contributed by atoms with Gasteiger partial charge in [0.2, 0.25) is 0 Å². The van der Waals surface area contributed by atoms with E-state index in [0.29, 0.717) is 23.0 Å². The van der Waals surface area contributed by atoms with Crippen LogP contribution in [0, 0.1) is 18.7 Å². The fraction of sp³-hybridized carbons (Fsp3) is 0.421. The maximum absolute atomic E-state index is 13.4. The molecule has 1 aromatic carbocycles. The Hall–Kier alpha value is -2.14. The minimum Gasteiger partial charge on any atom is -0.451 e. The van der Waals surface area contributed by atoms with Crippen molar-refractivity contribution in [3.63, 3.8) is 0 Å². The number of amides is 1. The van der Waals surface area contributed by atoms with Gasteiger partial charge in [-0.2, -0.15) is 0 Å². The van der Waals surface area contributed by atoms with Crippen LogP contribution in [-0.2, 0) is 0 Å². The van der Waals surface area contributed by atoms with Gasteiger partial charge in [0.05, 0.1) is 0 Å². The van der Waals surface area contributed by atoms with Gasteiger partial charge in [-0.25, -0.2) is 4.39 Å². The predicted octanol–water partition coefficient (Wildman–Crippen LogP) is 3.22. The van der Waals surface area contributed by atoms with E-state index in [4.69, 9.17) is 4.42 Å². The van der Waals surface area contributed by atoms with Gasteiger partial charge in [0, 0.05) is 18.2 Å². The minimum absolute atomic E-state index is 0.168. The van der Waals surface area contributed by atoms with E-state index in [-0.39, 0.29) is 17.8 Å². The number of nitrogens with one attached hydrogen (secondary N) is 1.